The van der Waals surface area contributed by atoms with Crippen molar-refractivity contribution in [3.05, 3.63) is 53.6 Å². The molecule has 0 atom stereocenters. The molecule has 4 nitrogen and oxygen atoms in total. The van der Waals surface area contributed by atoms with E-state index in [2.05, 4.69) is 9.97 Å². The first-order valence-corrected chi connectivity index (χ1v) is 5.99. The summed E-state index contributed by atoms with van der Waals surface area (Å²) in [6.45, 7) is 0.341. The first kappa shape index (κ1) is 14.8. The first-order chi connectivity index (χ1) is 9.91. The molecule has 0 radical (unpaired) electrons. The quantitative estimate of drug-likeness (QED) is 0.872. The van der Waals surface area contributed by atoms with E-state index in [-0.39, 0.29) is 5.56 Å². The van der Waals surface area contributed by atoms with E-state index in [0.717, 1.165) is 12.1 Å². The molecule has 0 saturated carbocycles. The maximum Gasteiger partial charge on any atom is 0.416 e. The zero-order chi connectivity index (χ0) is 15.5. The van der Waals surface area contributed by atoms with Crippen LogP contribution >= 0.6 is 0 Å². The molecule has 0 aliphatic rings. The van der Waals surface area contributed by atoms with E-state index in [1.165, 1.54) is 18.5 Å². The van der Waals surface area contributed by atoms with Gasteiger partial charge in [0.2, 0.25) is 0 Å². The van der Waals surface area contributed by atoms with Crippen LogP contribution in [0.1, 0.15) is 16.8 Å². The molecule has 0 amide bonds. The molecule has 7 heteroatoms. The third-order valence-electron chi connectivity index (χ3n) is 2.87. The van der Waals surface area contributed by atoms with Gasteiger partial charge in [0.1, 0.15) is 6.07 Å². The number of benzene rings is 1. The smallest absolute Gasteiger partial charge is 0.368 e. The molecule has 2 rings (SSSR count). The molecule has 2 aromatic rings. The molecule has 1 aromatic carbocycles. The minimum Gasteiger partial charge on any atom is -0.368 e. The maximum atomic E-state index is 12.6. The van der Waals surface area contributed by atoms with Crippen LogP contribution in [0, 0.1) is 11.3 Å². The van der Waals surface area contributed by atoms with Crippen LogP contribution < -0.4 is 4.90 Å². The Labute approximate surface area is 119 Å². The number of rotatable bonds is 3. The van der Waals surface area contributed by atoms with Gasteiger partial charge in [0.05, 0.1) is 35.2 Å². The molecule has 0 saturated heterocycles. The average molecular weight is 292 g/mol. The zero-order valence-electron chi connectivity index (χ0n) is 11.1. The molecule has 0 N–H and O–H groups in total. The van der Waals surface area contributed by atoms with Gasteiger partial charge < -0.3 is 4.90 Å². The fraction of sp³-hybridized carbons (Fsp3) is 0.214. The highest BCUT2D eigenvalue weighted by Crippen LogP contribution is 2.32. The van der Waals surface area contributed by atoms with Gasteiger partial charge in [0.15, 0.2) is 0 Å². The Hall–Kier alpha value is -2.62. The molecule has 1 aromatic heterocycles. The lowest BCUT2D eigenvalue weighted by molar-refractivity contribution is -0.137. The van der Waals surface area contributed by atoms with Gasteiger partial charge in [0.25, 0.3) is 0 Å². The van der Waals surface area contributed by atoms with Crippen molar-refractivity contribution in [2.24, 2.45) is 0 Å². The number of nitriles is 1. The first-order valence-electron chi connectivity index (χ1n) is 5.99. The highest BCUT2D eigenvalue weighted by Gasteiger charge is 2.31. The van der Waals surface area contributed by atoms with Crippen LogP contribution in [0.25, 0.3) is 0 Å². The summed E-state index contributed by atoms with van der Waals surface area (Å²) >= 11 is 0. The van der Waals surface area contributed by atoms with Crippen molar-refractivity contribution in [2.75, 3.05) is 11.9 Å². The van der Waals surface area contributed by atoms with Crippen molar-refractivity contribution in [2.45, 2.75) is 12.7 Å². The summed E-state index contributed by atoms with van der Waals surface area (Å²) < 4.78 is 37.9. The molecule has 0 bridgehead atoms. The second kappa shape index (κ2) is 5.79. The van der Waals surface area contributed by atoms with Crippen molar-refractivity contribution in [3.63, 3.8) is 0 Å². The fourth-order valence-corrected chi connectivity index (χ4v) is 1.87. The van der Waals surface area contributed by atoms with Crippen molar-refractivity contribution in [3.8, 4) is 6.07 Å². The second-order valence-corrected chi connectivity index (χ2v) is 4.39. The second-order valence-electron chi connectivity index (χ2n) is 4.39. The topological polar surface area (TPSA) is 52.8 Å². The molecule has 0 spiro atoms. The van der Waals surface area contributed by atoms with Gasteiger partial charge in [-0.05, 0) is 18.2 Å². The van der Waals surface area contributed by atoms with Crippen LogP contribution in [0.2, 0.25) is 0 Å². The van der Waals surface area contributed by atoms with Crippen LogP contribution in [0.5, 0.6) is 0 Å². The molecule has 21 heavy (non-hydrogen) atoms. The third-order valence-corrected chi connectivity index (χ3v) is 2.87. The standard InChI is InChI=1S/C14H11F3N4/c1-21(9-12-8-19-4-5-20-12)13-3-2-11(14(15,16)17)6-10(13)7-18/h2-6,8H,9H2,1H3. The Bertz CT molecular complexity index is 662. The number of nitrogens with zero attached hydrogens (tertiary/aromatic N) is 4. The highest BCUT2D eigenvalue weighted by atomic mass is 19.4. The van der Waals surface area contributed by atoms with Crippen LogP contribution in [-0.2, 0) is 12.7 Å². The molecule has 108 valence electrons. The van der Waals surface area contributed by atoms with Crippen LogP contribution in [-0.4, -0.2) is 17.0 Å². The maximum absolute atomic E-state index is 12.6. The van der Waals surface area contributed by atoms with Crippen molar-refractivity contribution < 1.29 is 13.2 Å². The molecule has 0 fully saturated rings. The van der Waals surface area contributed by atoms with Crippen LogP contribution in [0.15, 0.2) is 36.8 Å². The predicted octanol–water partition coefficient (Wildman–Crippen LogP) is 3.00. The number of hydrogen-bond donors (Lipinski definition) is 0. The lowest BCUT2D eigenvalue weighted by Gasteiger charge is -2.20. The monoisotopic (exact) mass is 292 g/mol. The van der Waals surface area contributed by atoms with Gasteiger partial charge >= 0.3 is 6.18 Å². The van der Waals surface area contributed by atoms with E-state index in [9.17, 15) is 13.2 Å². The SMILES string of the molecule is CN(Cc1cnccn1)c1ccc(C(F)(F)F)cc1C#N. The van der Waals surface area contributed by atoms with Gasteiger partial charge in [-0.25, -0.2) is 0 Å². The summed E-state index contributed by atoms with van der Waals surface area (Å²) in [5.74, 6) is 0. The number of anilines is 1. The van der Waals surface area contributed by atoms with E-state index < -0.39 is 11.7 Å². The Balaban J connectivity index is 2.29. The van der Waals surface area contributed by atoms with Gasteiger partial charge in [-0.1, -0.05) is 0 Å². The van der Waals surface area contributed by atoms with Crippen molar-refractivity contribution in [1.29, 1.82) is 5.26 Å². The minimum atomic E-state index is -4.46. The lowest BCUT2D eigenvalue weighted by atomic mass is 10.1. The Kier molecular flexibility index (Phi) is 4.08. The largest absolute Gasteiger partial charge is 0.416 e. The molecule has 0 aliphatic heterocycles. The fourth-order valence-electron chi connectivity index (χ4n) is 1.87. The lowest BCUT2D eigenvalue weighted by Crippen LogP contribution is -2.19. The summed E-state index contributed by atoms with van der Waals surface area (Å²) in [4.78, 5) is 9.66. The summed E-state index contributed by atoms with van der Waals surface area (Å²) in [5.41, 5.74) is 0.201. The van der Waals surface area contributed by atoms with E-state index >= 15 is 0 Å². The molecular weight excluding hydrogens is 281 g/mol. The van der Waals surface area contributed by atoms with Gasteiger partial charge in [-0.3, -0.25) is 9.97 Å². The van der Waals surface area contributed by atoms with Gasteiger partial charge in [-0.2, -0.15) is 18.4 Å². The molecule has 0 aliphatic carbocycles. The van der Waals surface area contributed by atoms with Gasteiger partial charge in [-0.15, -0.1) is 0 Å². The summed E-state index contributed by atoms with van der Waals surface area (Å²) in [5, 5.41) is 9.05. The molecule has 1 heterocycles. The zero-order valence-corrected chi connectivity index (χ0v) is 11.1. The summed E-state index contributed by atoms with van der Waals surface area (Å²) in [7, 11) is 1.68. The third kappa shape index (κ3) is 3.48. The predicted molar refractivity (Wildman–Crippen MR) is 70.3 cm³/mol. The molecular formula is C14H11F3N4. The Morgan fingerprint density at radius 3 is 2.62 bits per heavy atom. The van der Waals surface area contributed by atoms with E-state index in [0.29, 0.717) is 17.9 Å². The van der Waals surface area contributed by atoms with E-state index in [1.54, 1.807) is 24.2 Å². The minimum absolute atomic E-state index is 0.0313. The van der Waals surface area contributed by atoms with Crippen LogP contribution in [0.4, 0.5) is 18.9 Å². The molecule has 0 unspecified atom stereocenters. The normalized spacial score (nSPS) is 11.0. The number of alkyl halides is 3. The van der Waals surface area contributed by atoms with E-state index in [4.69, 9.17) is 5.26 Å². The number of aromatic nitrogens is 2. The Morgan fingerprint density at radius 1 is 1.29 bits per heavy atom. The number of hydrogen-bond acceptors (Lipinski definition) is 4. The van der Waals surface area contributed by atoms with Gasteiger partial charge in [0, 0.05) is 19.4 Å². The number of halogens is 3. The Morgan fingerprint density at radius 2 is 2.05 bits per heavy atom. The van der Waals surface area contributed by atoms with Crippen LogP contribution in [0.3, 0.4) is 0 Å². The van der Waals surface area contributed by atoms with Crippen molar-refractivity contribution in [1.82, 2.24) is 9.97 Å². The summed E-state index contributed by atoms with van der Waals surface area (Å²) in [6.07, 6.45) is 0.156. The highest BCUT2D eigenvalue weighted by molar-refractivity contribution is 5.60. The average Bonchev–Trinajstić information content (AvgIpc) is 2.46. The van der Waals surface area contributed by atoms with E-state index in [1.807, 2.05) is 0 Å². The summed E-state index contributed by atoms with van der Waals surface area (Å²) in [6, 6.07) is 4.90. The van der Waals surface area contributed by atoms with Crippen molar-refractivity contribution >= 4 is 5.69 Å².